The van der Waals surface area contributed by atoms with Gasteiger partial charge in [0.25, 0.3) is 0 Å². The van der Waals surface area contributed by atoms with Crippen molar-refractivity contribution in [2.75, 3.05) is 6.61 Å². The third-order valence-electron chi connectivity index (χ3n) is 4.52. The number of nitrogens with one attached hydrogen (secondary N) is 1. The molecule has 3 N–H and O–H groups in total. The molecule has 3 nitrogen and oxygen atoms in total. The van der Waals surface area contributed by atoms with Crippen molar-refractivity contribution in [3.8, 4) is 0 Å². The average molecular weight is 256 g/mol. The number of nitrogens with two attached hydrogens (primary N) is 1. The third kappa shape index (κ3) is 3.94. The topological polar surface area (TPSA) is 47.3 Å². The molecular formula is C15H32N2O. The zero-order valence-corrected chi connectivity index (χ0v) is 12.6. The van der Waals surface area contributed by atoms with Crippen LogP contribution in [-0.4, -0.2) is 18.8 Å². The molecule has 18 heavy (non-hydrogen) atoms. The monoisotopic (exact) mass is 256 g/mol. The molecule has 0 amide bonds. The molecule has 108 valence electrons. The summed E-state index contributed by atoms with van der Waals surface area (Å²) in [5.74, 6) is 7.85. The standard InChI is InChI=1S/C15H32N2O/c1-5-12-9-7-8-10-13(12)14(17-16)15(11(3)4)18-6-2/h11-15,17H,5-10,16H2,1-4H3. The van der Waals surface area contributed by atoms with Gasteiger partial charge in [0.15, 0.2) is 0 Å². The molecule has 0 bridgehead atoms. The largest absolute Gasteiger partial charge is 0.377 e. The molecule has 0 saturated heterocycles. The van der Waals surface area contributed by atoms with Crippen molar-refractivity contribution in [3.63, 3.8) is 0 Å². The van der Waals surface area contributed by atoms with Crippen molar-refractivity contribution in [1.29, 1.82) is 0 Å². The van der Waals surface area contributed by atoms with Crippen LogP contribution in [0.25, 0.3) is 0 Å². The van der Waals surface area contributed by atoms with E-state index in [1.54, 1.807) is 0 Å². The van der Waals surface area contributed by atoms with Crippen LogP contribution in [-0.2, 0) is 4.74 Å². The second kappa shape index (κ2) is 8.13. The zero-order chi connectivity index (χ0) is 13.5. The molecule has 0 radical (unpaired) electrons. The number of ether oxygens (including phenoxy) is 1. The predicted octanol–water partition coefficient (Wildman–Crippen LogP) is 3.10. The lowest BCUT2D eigenvalue weighted by molar-refractivity contribution is -0.0269. The van der Waals surface area contributed by atoms with Gasteiger partial charge in [0.05, 0.1) is 12.1 Å². The van der Waals surface area contributed by atoms with Crippen LogP contribution >= 0.6 is 0 Å². The van der Waals surface area contributed by atoms with Crippen molar-refractivity contribution in [1.82, 2.24) is 5.43 Å². The summed E-state index contributed by atoms with van der Waals surface area (Å²) in [6.07, 6.45) is 6.88. The lowest BCUT2D eigenvalue weighted by atomic mass is 9.71. The first-order valence-corrected chi connectivity index (χ1v) is 7.73. The Hall–Kier alpha value is -0.120. The summed E-state index contributed by atoms with van der Waals surface area (Å²) < 4.78 is 5.96. The Morgan fingerprint density at radius 3 is 2.39 bits per heavy atom. The highest BCUT2D eigenvalue weighted by Crippen LogP contribution is 2.36. The SMILES string of the molecule is CCOC(C(C)C)C(NN)C1CCCCC1CC. The van der Waals surface area contributed by atoms with Crippen LogP contribution in [0, 0.1) is 17.8 Å². The molecule has 0 aromatic heterocycles. The minimum atomic E-state index is 0.233. The Bertz CT molecular complexity index is 221. The second-order valence-electron chi connectivity index (χ2n) is 5.97. The molecule has 4 unspecified atom stereocenters. The van der Waals surface area contributed by atoms with Gasteiger partial charge in [0.2, 0.25) is 0 Å². The molecule has 3 heteroatoms. The molecule has 1 aliphatic rings. The first-order valence-electron chi connectivity index (χ1n) is 7.73. The molecule has 1 aliphatic carbocycles. The highest BCUT2D eigenvalue weighted by molar-refractivity contribution is 4.89. The Labute approximate surface area is 113 Å². The third-order valence-corrected chi connectivity index (χ3v) is 4.52. The summed E-state index contributed by atoms with van der Waals surface area (Å²) in [6.45, 7) is 9.61. The van der Waals surface area contributed by atoms with Gasteiger partial charge in [-0.25, -0.2) is 0 Å². The van der Waals surface area contributed by atoms with Gasteiger partial charge in [-0.3, -0.25) is 11.3 Å². The fourth-order valence-corrected chi connectivity index (χ4v) is 3.58. The van der Waals surface area contributed by atoms with E-state index in [2.05, 4.69) is 33.1 Å². The van der Waals surface area contributed by atoms with E-state index >= 15 is 0 Å². The van der Waals surface area contributed by atoms with Crippen LogP contribution in [0.5, 0.6) is 0 Å². The lowest BCUT2D eigenvalue weighted by Gasteiger charge is -2.41. The molecule has 1 saturated carbocycles. The summed E-state index contributed by atoms with van der Waals surface area (Å²) in [6, 6.07) is 0.301. The van der Waals surface area contributed by atoms with Gasteiger partial charge in [-0.1, -0.05) is 46.5 Å². The van der Waals surface area contributed by atoms with Crippen LogP contribution in [0.4, 0.5) is 0 Å². The summed E-state index contributed by atoms with van der Waals surface area (Å²) in [7, 11) is 0. The van der Waals surface area contributed by atoms with Crippen LogP contribution in [0.1, 0.15) is 59.8 Å². The Morgan fingerprint density at radius 2 is 1.89 bits per heavy atom. The summed E-state index contributed by atoms with van der Waals surface area (Å²) in [5, 5.41) is 0. The molecule has 0 aromatic carbocycles. The summed E-state index contributed by atoms with van der Waals surface area (Å²) >= 11 is 0. The number of hydrogen-bond acceptors (Lipinski definition) is 3. The average Bonchev–Trinajstić information content (AvgIpc) is 2.39. The maximum atomic E-state index is 5.96. The maximum Gasteiger partial charge on any atom is 0.0766 e. The smallest absolute Gasteiger partial charge is 0.0766 e. The van der Waals surface area contributed by atoms with Crippen molar-refractivity contribution in [3.05, 3.63) is 0 Å². The van der Waals surface area contributed by atoms with E-state index in [4.69, 9.17) is 10.6 Å². The first kappa shape index (κ1) is 15.9. The molecule has 0 aromatic rings. The Kier molecular flexibility index (Phi) is 7.20. The van der Waals surface area contributed by atoms with Crippen LogP contribution in [0.15, 0.2) is 0 Å². The molecule has 0 spiro atoms. The lowest BCUT2D eigenvalue weighted by Crippen LogP contribution is -2.54. The number of rotatable bonds is 7. The zero-order valence-electron chi connectivity index (χ0n) is 12.6. The van der Waals surface area contributed by atoms with E-state index in [9.17, 15) is 0 Å². The molecule has 0 heterocycles. The first-order chi connectivity index (χ1) is 8.65. The van der Waals surface area contributed by atoms with E-state index < -0.39 is 0 Å². The fourth-order valence-electron chi connectivity index (χ4n) is 3.58. The van der Waals surface area contributed by atoms with Crippen molar-refractivity contribution >= 4 is 0 Å². The Morgan fingerprint density at radius 1 is 1.22 bits per heavy atom. The maximum absolute atomic E-state index is 5.96. The summed E-state index contributed by atoms with van der Waals surface area (Å²) in [5.41, 5.74) is 3.08. The Balaban J connectivity index is 2.77. The van der Waals surface area contributed by atoms with Gasteiger partial charge in [0, 0.05) is 6.61 Å². The van der Waals surface area contributed by atoms with E-state index in [1.807, 2.05) is 0 Å². The number of hydrogen-bond donors (Lipinski definition) is 2. The molecule has 1 rings (SSSR count). The van der Waals surface area contributed by atoms with Gasteiger partial charge in [-0.2, -0.15) is 0 Å². The molecule has 4 atom stereocenters. The normalized spacial score (nSPS) is 28.3. The highest BCUT2D eigenvalue weighted by atomic mass is 16.5. The van der Waals surface area contributed by atoms with Crippen molar-refractivity contribution < 1.29 is 4.74 Å². The van der Waals surface area contributed by atoms with E-state index in [1.165, 1.54) is 32.1 Å². The molecule has 1 fully saturated rings. The van der Waals surface area contributed by atoms with Crippen LogP contribution < -0.4 is 11.3 Å². The van der Waals surface area contributed by atoms with E-state index in [-0.39, 0.29) is 6.10 Å². The van der Waals surface area contributed by atoms with Crippen molar-refractivity contribution in [2.24, 2.45) is 23.6 Å². The van der Waals surface area contributed by atoms with E-state index in [0.717, 1.165) is 12.5 Å². The second-order valence-corrected chi connectivity index (χ2v) is 5.97. The minimum absolute atomic E-state index is 0.233. The number of hydrazine groups is 1. The highest BCUT2D eigenvalue weighted by Gasteiger charge is 2.36. The predicted molar refractivity (Wildman–Crippen MR) is 77.1 cm³/mol. The minimum Gasteiger partial charge on any atom is -0.377 e. The molecular weight excluding hydrogens is 224 g/mol. The molecule has 0 aliphatic heterocycles. The summed E-state index contributed by atoms with van der Waals surface area (Å²) in [4.78, 5) is 0. The van der Waals surface area contributed by atoms with Gasteiger partial charge >= 0.3 is 0 Å². The van der Waals surface area contributed by atoms with Gasteiger partial charge in [0.1, 0.15) is 0 Å². The van der Waals surface area contributed by atoms with Crippen molar-refractivity contribution in [2.45, 2.75) is 71.9 Å². The van der Waals surface area contributed by atoms with Gasteiger partial charge < -0.3 is 4.74 Å². The quantitative estimate of drug-likeness (QED) is 0.543. The fraction of sp³-hybridized carbons (Fsp3) is 1.00. The van der Waals surface area contributed by atoms with Crippen LogP contribution in [0.3, 0.4) is 0 Å². The van der Waals surface area contributed by atoms with Gasteiger partial charge in [-0.15, -0.1) is 0 Å². The van der Waals surface area contributed by atoms with E-state index in [0.29, 0.717) is 17.9 Å². The van der Waals surface area contributed by atoms with Crippen LogP contribution in [0.2, 0.25) is 0 Å². The van der Waals surface area contributed by atoms with Gasteiger partial charge in [-0.05, 0) is 31.1 Å².